The minimum absolute atomic E-state index is 0.237. The monoisotopic (exact) mass is 196 g/mol. The Morgan fingerprint density at radius 2 is 1.92 bits per heavy atom. The Labute approximate surface area is 83.1 Å². The lowest BCUT2D eigenvalue weighted by Crippen LogP contribution is -2.27. The SMILES string of the molecule is NC1CNCC1c1ccc(Cl)cc1. The van der Waals surface area contributed by atoms with Gasteiger partial charge < -0.3 is 11.1 Å². The molecule has 1 saturated heterocycles. The minimum Gasteiger partial charge on any atom is -0.326 e. The third-order valence-corrected chi connectivity index (χ3v) is 2.81. The van der Waals surface area contributed by atoms with Gasteiger partial charge >= 0.3 is 0 Å². The van der Waals surface area contributed by atoms with Crippen LogP contribution in [0, 0.1) is 0 Å². The fraction of sp³-hybridized carbons (Fsp3) is 0.400. The molecular weight excluding hydrogens is 184 g/mol. The molecule has 2 nitrogen and oxygen atoms in total. The lowest BCUT2D eigenvalue weighted by atomic mass is 9.95. The first-order chi connectivity index (χ1) is 6.27. The van der Waals surface area contributed by atoms with Crippen LogP contribution in [0.4, 0.5) is 0 Å². The summed E-state index contributed by atoms with van der Waals surface area (Å²) in [5, 5.41) is 4.06. The zero-order valence-corrected chi connectivity index (χ0v) is 8.09. The average molecular weight is 197 g/mol. The van der Waals surface area contributed by atoms with Crippen LogP contribution in [0.3, 0.4) is 0 Å². The van der Waals surface area contributed by atoms with Gasteiger partial charge in [0.15, 0.2) is 0 Å². The molecule has 70 valence electrons. The maximum atomic E-state index is 5.95. The lowest BCUT2D eigenvalue weighted by molar-refractivity contribution is 0.653. The second-order valence-electron chi connectivity index (χ2n) is 3.48. The summed E-state index contributed by atoms with van der Waals surface area (Å²) in [5.74, 6) is 0.442. The van der Waals surface area contributed by atoms with Crippen molar-refractivity contribution >= 4 is 11.6 Å². The van der Waals surface area contributed by atoms with Gasteiger partial charge in [-0.2, -0.15) is 0 Å². The van der Waals surface area contributed by atoms with Crippen LogP contribution in [0.25, 0.3) is 0 Å². The topological polar surface area (TPSA) is 38.0 Å². The Morgan fingerprint density at radius 1 is 1.23 bits per heavy atom. The molecule has 0 amide bonds. The van der Waals surface area contributed by atoms with Gasteiger partial charge in [-0.25, -0.2) is 0 Å². The molecule has 13 heavy (non-hydrogen) atoms. The van der Waals surface area contributed by atoms with E-state index in [1.807, 2.05) is 12.1 Å². The van der Waals surface area contributed by atoms with E-state index in [0.29, 0.717) is 5.92 Å². The van der Waals surface area contributed by atoms with Crippen molar-refractivity contribution in [3.8, 4) is 0 Å². The standard InChI is InChI=1S/C10H13ClN2/c11-8-3-1-7(2-4-8)9-5-13-6-10(9)12/h1-4,9-10,13H,5-6,12H2. The molecule has 0 spiro atoms. The summed E-state index contributed by atoms with van der Waals surface area (Å²) in [4.78, 5) is 0. The molecule has 3 heteroatoms. The highest BCUT2D eigenvalue weighted by Gasteiger charge is 2.24. The van der Waals surface area contributed by atoms with Gasteiger partial charge in [0, 0.05) is 30.1 Å². The zero-order valence-electron chi connectivity index (χ0n) is 7.33. The molecule has 1 aromatic rings. The quantitative estimate of drug-likeness (QED) is 0.712. The summed E-state index contributed by atoms with van der Waals surface area (Å²) in [6, 6.07) is 8.19. The van der Waals surface area contributed by atoms with Crippen LogP contribution in [0.1, 0.15) is 11.5 Å². The highest BCUT2D eigenvalue weighted by Crippen LogP contribution is 2.22. The first-order valence-corrected chi connectivity index (χ1v) is 4.87. The summed E-state index contributed by atoms with van der Waals surface area (Å²) >= 11 is 5.81. The summed E-state index contributed by atoms with van der Waals surface area (Å²) in [6.45, 7) is 1.89. The normalized spacial score (nSPS) is 27.8. The van der Waals surface area contributed by atoms with E-state index < -0.39 is 0 Å². The molecule has 1 aliphatic heterocycles. The fourth-order valence-electron chi connectivity index (χ4n) is 1.77. The van der Waals surface area contributed by atoms with E-state index in [1.165, 1.54) is 5.56 Å². The molecule has 1 fully saturated rings. The number of hydrogen-bond acceptors (Lipinski definition) is 2. The van der Waals surface area contributed by atoms with Crippen molar-refractivity contribution in [2.45, 2.75) is 12.0 Å². The Hall–Kier alpha value is -0.570. The van der Waals surface area contributed by atoms with Crippen LogP contribution < -0.4 is 11.1 Å². The summed E-state index contributed by atoms with van der Waals surface area (Å²) in [7, 11) is 0. The van der Waals surface area contributed by atoms with Gasteiger partial charge in [-0.05, 0) is 17.7 Å². The molecule has 1 aromatic carbocycles. The highest BCUT2D eigenvalue weighted by atomic mass is 35.5. The molecule has 1 heterocycles. The number of benzene rings is 1. The van der Waals surface area contributed by atoms with Crippen molar-refractivity contribution in [3.63, 3.8) is 0 Å². The Balaban J connectivity index is 2.20. The second-order valence-corrected chi connectivity index (χ2v) is 3.92. The van der Waals surface area contributed by atoms with E-state index in [2.05, 4.69) is 17.4 Å². The zero-order chi connectivity index (χ0) is 9.26. The van der Waals surface area contributed by atoms with Gasteiger partial charge in [0.05, 0.1) is 0 Å². The smallest absolute Gasteiger partial charge is 0.0406 e. The molecular formula is C10H13ClN2. The summed E-state index contributed by atoms with van der Waals surface area (Å²) in [5.41, 5.74) is 7.23. The van der Waals surface area contributed by atoms with Crippen LogP contribution >= 0.6 is 11.6 Å². The number of rotatable bonds is 1. The third kappa shape index (κ3) is 1.85. The van der Waals surface area contributed by atoms with E-state index in [4.69, 9.17) is 17.3 Å². The van der Waals surface area contributed by atoms with Gasteiger partial charge in [-0.15, -0.1) is 0 Å². The fourth-order valence-corrected chi connectivity index (χ4v) is 1.90. The van der Waals surface area contributed by atoms with Crippen LogP contribution in [-0.2, 0) is 0 Å². The molecule has 0 bridgehead atoms. The van der Waals surface area contributed by atoms with E-state index in [9.17, 15) is 0 Å². The van der Waals surface area contributed by atoms with Crippen molar-refractivity contribution in [2.24, 2.45) is 5.73 Å². The predicted molar refractivity (Wildman–Crippen MR) is 55.0 cm³/mol. The highest BCUT2D eigenvalue weighted by molar-refractivity contribution is 6.30. The van der Waals surface area contributed by atoms with Crippen LogP contribution in [0.2, 0.25) is 5.02 Å². The number of hydrogen-bond donors (Lipinski definition) is 2. The van der Waals surface area contributed by atoms with E-state index >= 15 is 0 Å². The summed E-state index contributed by atoms with van der Waals surface area (Å²) < 4.78 is 0. The van der Waals surface area contributed by atoms with Crippen LogP contribution in [0.15, 0.2) is 24.3 Å². The maximum absolute atomic E-state index is 5.95. The van der Waals surface area contributed by atoms with Crippen LogP contribution in [0.5, 0.6) is 0 Å². The van der Waals surface area contributed by atoms with Crippen molar-refractivity contribution in [2.75, 3.05) is 13.1 Å². The molecule has 2 atom stereocenters. The van der Waals surface area contributed by atoms with Crippen molar-refractivity contribution in [3.05, 3.63) is 34.9 Å². The Kier molecular flexibility index (Phi) is 2.54. The molecule has 1 aliphatic rings. The molecule has 0 aromatic heterocycles. The second kappa shape index (κ2) is 3.66. The number of nitrogens with one attached hydrogen (secondary N) is 1. The van der Waals surface area contributed by atoms with Gasteiger partial charge in [0.1, 0.15) is 0 Å². The lowest BCUT2D eigenvalue weighted by Gasteiger charge is -2.14. The molecule has 0 saturated carbocycles. The summed E-state index contributed by atoms with van der Waals surface area (Å²) in [6.07, 6.45) is 0. The van der Waals surface area contributed by atoms with E-state index in [-0.39, 0.29) is 6.04 Å². The minimum atomic E-state index is 0.237. The first kappa shape index (κ1) is 9.00. The van der Waals surface area contributed by atoms with E-state index in [0.717, 1.165) is 18.1 Å². The van der Waals surface area contributed by atoms with Gasteiger partial charge in [0.25, 0.3) is 0 Å². The van der Waals surface area contributed by atoms with E-state index in [1.54, 1.807) is 0 Å². The molecule has 0 radical (unpaired) electrons. The number of halogens is 1. The Bertz CT molecular complexity index is 283. The van der Waals surface area contributed by atoms with Crippen LogP contribution in [-0.4, -0.2) is 19.1 Å². The third-order valence-electron chi connectivity index (χ3n) is 2.56. The van der Waals surface area contributed by atoms with Crippen molar-refractivity contribution in [1.29, 1.82) is 0 Å². The largest absolute Gasteiger partial charge is 0.326 e. The van der Waals surface area contributed by atoms with Crippen molar-refractivity contribution in [1.82, 2.24) is 5.32 Å². The van der Waals surface area contributed by atoms with Crippen molar-refractivity contribution < 1.29 is 0 Å². The molecule has 2 rings (SSSR count). The van der Waals surface area contributed by atoms with Gasteiger partial charge in [0.2, 0.25) is 0 Å². The molecule has 0 aliphatic carbocycles. The first-order valence-electron chi connectivity index (χ1n) is 4.49. The molecule has 2 unspecified atom stereocenters. The van der Waals surface area contributed by atoms with Gasteiger partial charge in [-0.1, -0.05) is 23.7 Å². The van der Waals surface area contributed by atoms with Gasteiger partial charge in [-0.3, -0.25) is 0 Å². The maximum Gasteiger partial charge on any atom is 0.0406 e. The predicted octanol–water partition coefficient (Wildman–Crippen LogP) is 1.35. The molecule has 3 N–H and O–H groups in total. The number of nitrogens with two attached hydrogens (primary N) is 1. The average Bonchev–Trinajstić information content (AvgIpc) is 2.53. The Morgan fingerprint density at radius 3 is 2.46 bits per heavy atom.